The molecule has 1 saturated heterocycles. The second-order valence-electron chi connectivity index (χ2n) is 7.53. The van der Waals surface area contributed by atoms with E-state index in [9.17, 15) is 9.59 Å². The van der Waals surface area contributed by atoms with E-state index >= 15 is 0 Å². The van der Waals surface area contributed by atoms with Gasteiger partial charge in [-0.1, -0.05) is 12.8 Å². The zero-order valence-electron chi connectivity index (χ0n) is 16.2. The standard InChI is InChI=1S/C21H25N3O3S/c1-13-19(14-7-9-17(27-2)10-8-14)22-21(28-13)23-20(26)15-11-18(25)24(12-15)16-5-3-4-6-16/h7-10,15-16H,3-6,11-12H2,1-2H3,(H,22,23,26)/t15-/m0/s1. The third-order valence-corrected chi connectivity index (χ3v) is 6.57. The molecule has 2 aliphatic rings. The highest BCUT2D eigenvalue weighted by atomic mass is 32.1. The van der Waals surface area contributed by atoms with Crippen molar-refractivity contribution in [2.24, 2.45) is 5.92 Å². The number of anilines is 1. The van der Waals surface area contributed by atoms with E-state index in [0.29, 0.717) is 24.1 Å². The summed E-state index contributed by atoms with van der Waals surface area (Å²) in [5.41, 5.74) is 1.84. The van der Waals surface area contributed by atoms with E-state index in [0.717, 1.165) is 34.7 Å². The number of benzene rings is 1. The molecular formula is C21H25N3O3S. The van der Waals surface area contributed by atoms with Crippen LogP contribution in [0.5, 0.6) is 5.75 Å². The number of nitrogens with zero attached hydrogens (tertiary/aromatic N) is 2. The maximum Gasteiger partial charge on any atom is 0.231 e. The Balaban J connectivity index is 1.43. The first-order chi connectivity index (χ1) is 13.5. The summed E-state index contributed by atoms with van der Waals surface area (Å²) >= 11 is 1.46. The molecule has 1 saturated carbocycles. The van der Waals surface area contributed by atoms with E-state index in [-0.39, 0.29) is 17.7 Å². The molecule has 0 radical (unpaired) electrons. The molecule has 2 amide bonds. The summed E-state index contributed by atoms with van der Waals surface area (Å²) in [7, 11) is 1.64. The van der Waals surface area contributed by atoms with Gasteiger partial charge in [-0.25, -0.2) is 4.98 Å². The molecule has 2 aromatic rings. The van der Waals surface area contributed by atoms with Crippen molar-refractivity contribution in [2.75, 3.05) is 19.0 Å². The normalized spacial score (nSPS) is 20.0. The predicted octanol–water partition coefficient (Wildman–Crippen LogP) is 3.86. The lowest BCUT2D eigenvalue weighted by Gasteiger charge is -2.23. The largest absolute Gasteiger partial charge is 0.497 e. The van der Waals surface area contributed by atoms with E-state index in [1.165, 1.54) is 24.2 Å². The highest BCUT2D eigenvalue weighted by molar-refractivity contribution is 7.16. The van der Waals surface area contributed by atoms with Crippen LogP contribution in [0.1, 0.15) is 37.0 Å². The first kappa shape index (κ1) is 18.9. The molecule has 1 aromatic heterocycles. The molecule has 28 heavy (non-hydrogen) atoms. The Morgan fingerprint density at radius 1 is 1.25 bits per heavy atom. The number of amides is 2. The number of hydrogen-bond donors (Lipinski definition) is 1. The highest BCUT2D eigenvalue weighted by Crippen LogP contribution is 2.33. The van der Waals surface area contributed by atoms with E-state index in [4.69, 9.17) is 4.74 Å². The summed E-state index contributed by atoms with van der Waals surface area (Å²) in [5.74, 6) is 0.509. The van der Waals surface area contributed by atoms with Gasteiger partial charge >= 0.3 is 0 Å². The fraction of sp³-hybridized carbons (Fsp3) is 0.476. The van der Waals surface area contributed by atoms with Gasteiger partial charge in [0.25, 0.3) is 0 Å². The number of ether oxygens (including phenoxy) is 1. The average molecular weight is 400 g/mol. The molecule has 0 unspecified atom stereocenters. The number of likely N-dealkylation sites (tertiary alicyclic amines) is 1. The molecule has 0 bridgehead atoms. The minimum Gasteiger partial charge on any atom is -0.497 e. The Hall–Kier alpha value is -2.41. The van der Waals surface area contributed by atoms with Crippen LogP contribution in [0.25, 0.3) is 11.3 Å². The lowest BCUT2D eigenvalue weighted by molar-refractivity contribution is -0.129. The molecule has 4 rings (SSSR count). The minimum atomic E-state index is -0.290. The smallest absolute Gasteiger partial charge is 0.231 e. The number of aromatic nitrogens is 1. The van der Waals surface area contributed by atoms with Crippen LogP contribution in [-0.2, 0) is 9.59 Å². The van der Waals surface area contributed by atoms with Gasteiger partial charge in [-0.3, -0.25) is 9.59 Å². The number of nitrogens with one attached hydrogen (secondary N) is 1. The van der Waals surface area contributed by atoms with Crippen LogP contribution in [-0.4, -0.2) is 41.4 Å². The summed E-state index contributed by atoms with van der Waals surface area (Å²) < 4.78 is 5.20. The maximum atomic E-state index is 12.7. The molecule has 148 valence electrons. The van der Waals surface area contributed by atoms with E-state index in [1.54, 1.807) is 7.11 Å². The van der Waals surface area contributed by atoms with Gasteiger partial charge in [-0.15, -0.1) is 11.3 Å². The Morgan fingerprint density at radius 2 is 1.96 bits per heavy atom. The summed E-state index contributed by atoms with van der Waals surface area (Å²) in [6.45, 7) is 2.53. The molecule has 7 heteroatoms. The topological polar surface area (TPSA) is 71.5 Å². The van der Waals surface area contributed by atoms with Gasteiger partial charge in [-0.2, -0.15) is 0 Å². The molecule has 1 aliphatic heterocycles. The monoisotopic (exact) mass is 399 g/mol. The quantitative estimate of drug-likeness (QED) is 0.829. The fourth-order valence-corrected chi connectivity index (χ4v) is 4.99. The van der Waals surface area contributed by atoms with Gasteiger partial charge in [-0.05, 0) is 44.0 Å². The summed E-state index contributed by atoms with van der Waals surface area (Å²) in [6, 6.07) is 8.04. The van der Waals surface area contributed by atoms with Crippen LogP contribution in [0.2, 0.25) is 0 Å². The molecule has 6 nitrogen and oxygen atoms in total. The minimum absolute atomic E-state index is 0.108. The second-order valence-corrected chi connectivity index (χ2v) is 8.73. The Labute approximate surface area is 168 Å². The second kappa shape index (κ2) is 7.91. The Kier molecular flexibility index (Phi) is 5.35. The van der Waals surface area contributed by atoms with Gasteiger partial charge in [0.05, 0.1) is 18.7 Å². The van der Waals surface area contributed by atoms with Gasteiger partial charge in [0.15, 0.2) is 5.13 Å². The Morgan fingerprint density at radius 3 is 2.64 bits per heavy atom. The summed E-state index contributed by atoms with van der Waals surface area (Å²) in [5, 5.41) is 3.52. The number of carbonyl (C=O) groups excluding carboxylic acids is 2. The molecule has 2 fully saturated rings. The molecule has 1 atom stereocenters. The van der Waals surface area contributed by atoms with Crippen LogP contribution in [0.15, 0.2) is 24.3 Å². The van der Waals surface area contributed by atoms with Crippen LogP contribution in [0.3, 0.4) is 0 Å². The van der Waals surface area contributed by atoms with Crippen molar-refractivity contribution in [2.45, 2.75) is 45.1 Å². The number of hydrogen-bond acceptors (Lipinski definition) is 5. The fourth-order valence-electron chi connectivity index (χ4n) is 4.15. The SMILES string of the molecule is COc1ccc(-c2nc(NC(=O)[C@H]3CC(=O)N(C4CCCC4)C3)sc2C)cc1. The van der Waals surface area contributed by atoms with Crippen molar-refractivity contribution in [3.63, 3.8) is 0 Å². The van der Waals surface area contributed by atoms with E-state index < -0.39 is 0 Å². The molecular weight excluding hydrogens is 374 g/mol. The molecule has 1 N–H and O–H groups in total. The van der Waals surface area contributed by atoms with E-state index in [1.807, 2.05) is 36.1 Å². The van der Waals surface area contributed by atoms with Gasteiger partial charge in [0, 0.05) is 29.4 Å². The van der Waals surface area contributed by atoms with Crippen LogP contribution in [0, 0.1) is 12.8 Å². The zero-order valence-corrected chi connectivity index (χ0v) is 17.1. The predicted molar refractivity (Wildman–Crippen MR) is 110 cm³/mol. The van der Waals surface area contributed by atoms with Crippen molar-refractivity contribution in [1.82, 2.24) is 9.88 Å². The van der Waals surface area contributed by atoms with Gasteiger partial charge in [0.2, 0.25) is 11.8 Å². The van der Waals surface area contributed by atoms with Crippen molar-refractivity contribution in [3.8, 4) is 17.0 Å². The lowest BCUT2D eigenvalue weighted by atomic mass is 10.1. The number of carbonyl (C=O) groups is 2. The number of thiazole rings is 1. The first-order valence-corrected chi connectivity index (χ1v) is 10.6. The number of aryl methyl sites for hydroxylation is 1. The number of rotatable bonds is 5. The molecule has 2 heterocycles. The highest BCUT2D eigenvalue weighted by Gasteiger charge is 2.38. The van der Waals surface area contributed by atoms with Crippen LogP contribution in [0.4, 0.5) is 5.13 Å². The first-order valence-electron chi connectivity index (χ1n) is 9.77. The summed E-state index contributed by atoms with van der Waals surface area (Å²) in [4.78, 5) is 32.6. The third kappa shape index (κ3) is 3.76. The maximum absolute atomic E-state index is 12.7. The van der Waals surface area contributed by atoms with Crippen molar-refractivity contribution < 1.29 is 14.3 Å². The third-order valence-electron chi connectivity index (χ3n) is 5.68. The van der Waals surface area contributed by atoms with Crippen molar-refractivity contribution >= 4 is 28.3 Å². The average Bonchev–Trinajstić information content (AvgIpc) is 3.42. The van der Waals surface area contributed by atoms with Crippen LogP contribution < -0.4 is 10.1 Å². The van der Waals surface area contributed by atoms with E-state index in [2.05, 4.69) is 10.3 Å². The molecule has 1 aliphatic carbocycles. The van der Waals surface area contributed by atoms with Gasteiger partial charge in [0.1, 0.15) is 5.75 Å². The molecule has 1 aromatic carbocycles. The Bertz CT molecular complexity index is 872. The van der Waals surface area contributed by atoms with Crippen molar-refractivity contribution in [1.29, 1.82) is 0 Å². The zero-order chi connectivity index (χ0) is 19.7. The van der Waals surface area contributed by atoms with Gasteiger partial charge < -0.3 is 15.0 Å². The summed E-state index contributed by atoms with van der Waals surface area (Å²) in [6.07, 6.45) is 4.79. The lowest BCUT2D eigenvalue weighted by Crippen LogP contribution is -2.35. The molecule has 0 spiro atoms. The number of methoxy groups -OCH3 is 1. The van der Waals surface area contributed by atoms with Crippen molar-refractivity contribution in [3.05, 3.63) is 29.1 Å². The van der Waals surface area contributed by atoms with Crippen LogP contribution >= 0.6 is 11.3 Å².